The predicted molar refractivity (Wildman–Crippen MR) is 91.1 cm³/mol. The first kappa shape index (κ1) is 18.8. The highest BCUT2D eigenvalue weighted by Gasteiger charge is 2.35. The number of aromatic hydroxyl groups is 1. The van der Waals surface area contributed by atoms with Crippen LogP contribution >= 0.6 is 23.2 Å². The Morgan fingerprint density at radius 3 is 2.62 bits per heavy atom. The molecule has 0 aliphatic carbocycles. The van der Waals surface area contributed by atoms with E-state index in [1.165, 1.54) is 17.0 Å². The fourth-order valence-electron chi connectivity index (χ4n) is 2.87. The summed E-state index contributed by atoms with van der Waals surface area (Å²) in [6.45, 7) is 1.05. The van der Waals surface area contributed by atoms with Gasteiger partial charge >= 0.3 is 0 Å². The lowest BCUT2D eigenvalue weighted by Gasteiger charge is -2.43. The molecular formula is C16H20Cl2N2O4. The maximum atomic E-state index is 11.7. The Kier molecular flexibility index (Phi) is 6.71. The van der Waals surface area contributed by atoms with Crippen molar-refractivity contribution in [2.24, 2.45) is 0 Å². The first-order chi connectivity index (χ1) is 11.4. The zero-order chi connectivity index (χ0) is 17.7. The molecule has 8 heteroatoms. The second kappa shape index (κ2) is 8.55. The summed E-state index contributed by atoms with van der Waals surface area (Å²) in [6.07, 6.45) is 3.16. The lowest BCUT2D eigenvalue weighted by molar-refractivity contribution is -0.151. The molecule has 2 aliphatic rings. The van der Waals surface area contributed by atoms with Crippen LogP contribution in [0.2, 0.25) is 10.0 Å². The molecule has 2 heterocycles. The quantitative estimate of drug-likeness (QED) is 0.786. The van der Waals surface area contributed by atoms with E-state index in [0.29, 0.717) is 16.6 Å². The van der Waals surface area contributed by atoms with Crippen molar-refractivity contribution >= 4 is 35.0 Å². The van der Waals surface area contributed by atoms with E-state index in [-0.39, 0.29) is 30.2 Å². The van der Waals surface area contributed by atoms with Crippen molar-refractivity contribution in [3.05, 3.63) is 28.2 Å². The molecule has 132 valence electrons. The minimum atomic E-state index is -0.500. The van der Waals surface area contributed by atoms with Crippen molar-refractivity contribution in [1.29, 1.82) is 0 Å². The molecule has 1 unspecified atom stereocenters. The van der Waals surface area contributed by atoms with Gasteiger partial charge in [0.05, 0.1) is 16.6 Å². The molecule has 0 aromatic heterocycles. The number of benzene rings is 1. The van der Waals surface area contributed by atoms with E-state index in [1.807, 2.05) is 4.90 Å². The molecule has 1 aromatic carbocycles. The second-order valence-corrected chi connectivity index (χ2v) is 6.58. The third kappa shape index (κ3) is 4.75. The van der Waals surface area contributed by atoms with E-state index < -0.39 is 6.61 Å². The molecule has 2 amide bonds. The van der Waals surface area contributed by atoms with Crippen molar-refractivity contribution in [1.82, 2.24) is 9.80 Å². The van der Waals surface area contributed by atoms with Crippen LogP contribution in [0.25, 0.3) is 0 Å². The van der Waals surface area contributed by atoms with Gasteiger partial charge in [-0.2, -0.15) is 0 Å². The van der Waals surface area contributed by atoms with Crippen LogP contribution in [0.1, 0.15) is 19.3 Å². The smallest absolute Gasteiger partial charge is 0.248 e. The molecule has 2 aliphatic heterocycles. The molecule has 0 spiro atoms. The van der Waals surface area contributed by atoms with E-state index in [2.05, 4.69) is 0 Å². The van der Waals surface area contributed by atoms with E-state index in [1.54, 1.807) is 6.07 Å². The number of fused-ring (bicyclic) bond motifs is 1. The molecule has 2 N–H and O–H groups in total. The molecule has 0 saturated carbocycles. The van der Waals surface area contributed by atoms with Crippen LogP contribution in [0.3, 0.4) is 0 Å². The largest absolute Gasteiger partial charge is 0.508 e. The fraction of sp³-hybridized carbons (Fsp3) is 0.500. The van der Waals surface area contributed by atoms with Crippen LogP contribution in [-0.2, 0) is 9.59 Å². The summed E-state index contributed by atoms with van der Waals surface area (Å²) >= 11 is 11.1. The number of amides is 2. The van der Waals surface area contributed by atoms with E-state index >= 15 is 0 Å². The lowest BCUT2D eigenvalue weighted by Crippen LogP contribution is -2.59. The van der Waals surface area contributed by atoms with Gasteiger partial charge in [-0.3, -0.25) is 9.59 Å². The zero-order valence-electron chi connectivity index (χ0n) is 13.1. The molecule has 3 rings (SSSR count). The Balaban J connectivity index is 0.000000198. The van der Waals surface area contributed by atoms with Crippen LogP contribution in [0.5, 0.6) is 5.75 Å². The van der Waals surface area contributed by atoms with Gasteiger partial charge in [-0.25, -0.2) is 0 Å². The maximum Gasteiger partial charge on any atom is 0.248 e. The minimum Gasteiger partial charge on any atom is -0.508 e. The van der Waals surface area contributed by atoms with Crippen molar-refractivity contribution in [2.45, 2.75) is 25.3 Å². The molecule has 1 atom stereocenters. The molecule has 2 saturated heterocycles. The summed E-state index contributed by atoms with van der Waals surface area (Å²) in [5.41, 5.74) is 0. The molecule has 0 radical (unpaired) electrons. The highest BCUT2D eigenvalue weighted by atomic mass is 35.5. The normalized spacial score (nSPS) is 20.1. The lowest BCUT2D eigenvalue weighted by atomic mass is 9.99. The van der Waals surface area contributed by atoms with E-state index in [0.717, 1.165) is 25.8 Å². The monoisotopic (exact) mass is 374 g/mol. The van der Waals surface area contributed by atoms with Gasteiger partial charge in [0.2, 0.25) is 11.8 Å². The van der Waals surface area contributed by atoms with Crippen molar-refractivity contribution < 1.29 is 19.8 Å². The highest BCUT2D eigenvalue weighted by molar-refractivity contribution is 6.42. The molecule has 2 fully saturated rings. The van der Waals surface area contributed by atoms with Gasteiger partial charge in [-0.05, 0) is 37.5 Å². The number of piperazine rings is 1. The second-order valence-electron chi connectivity index (χ2n) is 5.77. The van der Waals surface area contributed by atoms with Gasteiger partial charge in [0.1, 0.15) is 12.4 Å². The maximum absolute atomic E-state index is 11.7. The standard InChI is InChI=1S/C10H16N2O3.C6H4Cl2O/c13-7-10(15)11-5-8-3-1-2-4-12(8)9(14)6-11;7-5-2-1-4(9)3-6(5)8/h8,13H,1-7H2;1-3,9H. The van der Waals surface area contributed by atoms with Crippen LogP contribution in [-0.4, -0.2) is 64.1 Å². The Morgan fingerprint density at radius 2 is 2.00 bits per heavy atom. The number of carbonyl (C=O) groups is 2. The number of rotatable bonds is 1. The van der Waals surface area contributed by atoms with Gasteiger partial charge < -0.3 is 20.0 Å². The highest BCUT2D eigenvalue weighted by Crippen LogP contribution is 2.25. The number of phenols is 1. The first-order valence-corrected chi connectivity index (χ1v) is 8.50. The number of carbonyl (C=O) groups excluding carboxylic acids is 2. The SMILES string of the molecule is O=C(CO)N1CC(=O)N2CCCCC2C1.Oc1ccc(Cl)c(Cl)c1. The topological polar surface area (TPSA) is 81.1 Å². The summed E-state index contributed by atoms with van der Waals surface area (Å²) < 4.78 is 0. The van der Waals surface area contributed by atoms with Crippen LogP contribution in [0.4, 0.5) is 0 Å². The Hall–Kier alpha value is -1.50. The zero-order valence-corrected chi connectivity index (χ0v) is 14.6. The van der Waals surface area contributed by atoms with Crippen molar-refractivity contribution in [2.75, 3.05) is 26.2 Å². The average Bonchev–Trinajstić information content (AvgIpc) is 2.58. The Bertz CT molecular complexity index is 612. The number of piperidine rings is 1. The Labute approximate surface area is 150 Å². The number of nitrogens with zero attached hydrogens (tertiary/aromatic N) is 2. The van der Waals surface area contributed by atoms with Gasteiger partial charge in [0.25, 0.3) is 0 Å². The van der Waals surface area contributed by atoms with E-state index in [4.69, 9.17) is 33.4 Å². The van der Waals surface area contributed by atoms with Crippen LogP contribution in [0, 0.1) is 0 Å². The summed E-state index contributed by atoms with van der Waals surface area (Å²) in [6, 6.07) is 4.59. The number of phenolic OH excluding ortho intramolecular Hbond substituents is 1. The minimum absolute atomic E-state index is 0.0211. The van der Waals surface area contributed by atoms with E-state index in [9.17, 15) is 9.59 Å². The van der Waals surface area contributed by atoms with Crippen LogP contribution in [0.15, 0.2) is 18.2 Å². The average molecular weight is 375 g/mol. The molecule has 1 aromatic rings. The van der Waals surface area contributed by atoms with Crippen LogP contribution < -0.4 is 0 Å². The molecule has 0 bridgehead atoms. The number of hydrogen-bond donors (Lipinski definition) is 2. The van der Waals surface area contributed by atoms with Gasteiger partial charge in [0, 0.05) is 19.1 Å². The van der Waals surface area contributed by atoms with Gasteiger partial charge in [-0.1, -0.05) is 23.2 Å². The predicted octanol–water partition coefficient (Wildman–Crippen LogP) is 1.90. The van der Waals surface area contributed by atoms with Crippen molar-refractivity contribution in [3.63, 3.8) is 0 Å². The number of hydrogen-bond acceptors (Lipinski definition) is 4. The summed E-state index contributed by atoms with van der Waals surface area (Å²) in [7, 11) is 0. The van der Waals surface area contributed by atoms with Gasteiger partial charge in [-0.15, -0.1) is 0 Å². The molecular weight excluding hydrogens is 355 g/mol. The number of halogens is 2. The van der Waals surface area contributed by atoms with Crippen molar-refractivity contribution in [3.8, 4) is 5.75 Å². The summed E-state index contributed by atoms with van der Waals surface area (Å²) in [5, 5.41) is 18.4. The first-order valence-electron chi connectivity index (χ1n) is 7.74. The third-order valence-corrected chi connectivity index (χ3v) is 4.83. The summed E-state index contributed by atoms with van der Waals surface area (Å²) in [5.74, 6) is -0.189. The van der Waals surface area contributed by atoms with Gasteiger partial charge in [0.15, 0.2) is 0 Å². The third-order valence-electron chi connectivity index (χ3n) is 4.10. The fourth-order valence-corrected chi connectivity index (χ4v) is 3.16. The molecule has 6 nitrogen and oxygen atoms in total. The number of aliphatic hydroxyl groups is 1. The number of aliphatic hydroxyl groups excluding tert-OH is 1. The Morgan fingerprint density at radius 1 is 1.25 bits per heavy atom. The summed E-state index contributed by atoms with van der Waals surface area (Å²) in [4.78, 5) is 26.3. The molecule has 24 heavy (non-hydrogen) atoms.